The summed E-state index contributed by atoms with van der Waals surface area (Å²) in [6.07, 6.45) is 9.40. The average molecular weight is 226 g/mol. The lowest BCUT2D eigenvalue weighted by Gasteiger charge is -2.12. The van der Waals surface area contributed by atoms with E-state index in [1.807, 2.05) is 19.2 Å². The molecule has 0 aromatic carbocycles. The minimum absolute atomic E-state index is 0.123. The fourth-order valence-electron chi connectivity index (χ4n) is 1.24. The highest BCUT2D eigenvalue weighted by Crippen LogP contribution is 2.18. The van der Waals surface area contributed by atoms with Gasteiger partial charge in [-0.1, -0.05) is 24.3 Å². The van der Waals surface area contributed by atoms with Crippen molar-refractivity contribution in [1.82, 2.24) is 10.6 Å². The lowest BCUT2D eigenvalue weighted by molar-refractivity contribution is -0.118. The highest BCUT2D eigenvalue weighted by molar-refractivity contribution is 8.00. The predicted octanol–water partition coefficient (Wildman–Crippen LogP) is 0.940. The molecule has 0 heterocycles. The van der Waals surface area contributed by atoms with E-state index in [0.29, 0.717) is 17.5 Å². The van der Waals surface area contributed by atoms with Gasteiger partial charge in [-0.05, 0) is 13.5 Å². The molecular formula is C11H18N2OS. The number of likely N-dealkylation sites (N-methyl/N-ethyl adjacent to an activating group) is 1. The van der Waals surface area contributed by atoms with E-state index in [2.05, 4.69) is 22.8 Å². The van der Waals surface area contributed by atoms with Crippen LogP contribution < -0.4 is 10.6 Å². The van der Waals surface area contributed by atoms with Crippen LogP contribution in [0.4, 0.5) is 0 Å². The molecule has 1 atom stereocenters. The molecule has 0 spiro atoms. The molecule has 1 aliphatic carbocycles. The minimum atomic E-state index is 0.123. The molecule has 1 rings (SSSR count). The zero-order valence-electron chi connectivity index (χ0n) is 9.03. The van der Waals surface area contributed by atoms with Crippen LogP contribution in [0.25, 0.3) is 0 Å². The molecule has 4 heteroatoms. The van der Waals surface area contributed by atoms with Crippen LogP contribution in [0.3, 0.4) is 0 Å². The Hall–Kier alpha value is -0.740. The summed E-state index contributed by atoms with van der Waals surface area (Å²) in [4.78, 5) is 11.4. The van der Waals surface area contributed by atoms with Crippen LogP contribution in [-0.2, 0) is 4.79 Å². The Balaban J connectivity index is 2.06. The maximum atomic E-state index is 11.4. The van der Waals surface area contributed by atoms with Gasteiger partial charge in [-0.3, -0.25) is 4.79 Å². The Bertz CT molecular complexity index is 251. The minimum Gasteiger partial charge on any atom is -0.354 e. The Morgan fingerprint density at radius 3 is 3.00 bits per heavy atom. The van der Waals surface area contributed by atoms with Crippen LogP contribution in [0.2, 0.25) is 0 Å². The summed E-state index contributed by atoms with van der Waals surface area (Å²) in [5.41, 5.74) is 0. The summed E-state index contributed by atoms with van der Waals surface area (Å²) in [5.74, 6) is 0.672. The topological polar surface area (TPSA) is 41.1 Å². The molecule has 1 amide bonds. The van der Waals surface area contributed by atoms with E-state index in [4.69, 9.17) is 0 Å². The first-order valence-electron chi connectivity index (χ1n) is 5.19. The fourth-order valence-corrected chi connectivity index (χ4v) is 2.16. The molecule has 0 saturated carbocycles. The van der Waals surface area contributed by atoms with Gasteiger partial charge >= 0.3 is 0 Å². The molecule has 0 fully saturated rings. The van der Waals surface area contributed by atoms with Gasteiger partial charge in [0.1, 0.15) is 0 Å². The molecular weight excluding hydrogens is 208 g/mol. The van der Waals surface area contributed by atoms with E-state index in [9.17, 15) is 4.79 Å². The van der Waals surface area contributed by atoms with Gasteiger partial charge in [0.05, 0.1) is 5.75 Å². The standard InChI is InChI=1S/C11H18N2OS/c1-12-7-8-13-11(14)9-15-10-5-3-2-4-6-10/h2-5,10,12H,6-9H2,1H3,(H,13,14). The molecule has 3 nitrogen and oxygen atoms in total. The van der Waals surface area contributed by atoms with E-state index < -0.39 is 0 Å². The Kier molecular flexibility index (Phi) is 6.20. The SMILES string of the molecule is CNCCNC(=O)CSC1C=CC=CC1. The van der Waals surface area contributed by atoms with E-state index in [1.54, 1.807) is 11.8 Å². The van der Waals surface area contributed by atoms with Crippen molar-refractivity contribution in [2.75, 3.05) is 25.9 Å². The highest BCUT2D eigenvalue weighted by atomic mass is 32.2. The van der Waals surface area contributed by atoms with Gasteiger partial charge in [0, 0.05) is 18.3 Å². The second kappa shape index (κ2) is 7.54. The number of hydrogen-bond donors (Lipinski definition) is 2. The smallest absolute Gasteiger partial charge is 0.230 e. The Morgan fingerprint density at radius 1 is 1.47 bits per heavy atom. The first-order valence-corrected chi connectivity index (χ1v) is 6.24. The van der Waals surface area contributed by atoms with Gasteiger partial charge in [0.2, 0.25) is 5.91 Å². The first-order chi connectivity index (χ1) is 7.33. The Morgan fingerprint density at radius 2 is 2.33 bits per heavy atom. The zero-order chi connectivity index (χ0) is 10.9. The molecule has 0 aromatic rings. The van der Waals surface area contributed by atoms with Gasteiger partial charge in [0.25, 0.3) is 0 Å². The van der Waals surface area contributed by atoms with Crippen molar-refractivity contribution in [3.8, 4) is 0 Å². The maximum absolute atomic E-state index is 11.4. The number of carbonyl (C=O) groups is 1. The molecule has 0 aromatic heterocycles. The van der Waals surface area contributed by atoms with Crippen molar-refractivity contribution >= 4 is 17.7 Å². The van der Waals surface area contributed by atoms with Gasteiger partial charge in [-0.2, -0.15) is 0 Å². The van der Waals surface area contributed by atoms with Gasteiger partial charge in [0.15, 0.2) is 0 Å². The number of hydrogen-bond acceptors (Lipinski definition) is 3. The molecule has 0 aliphatic heterocycles. The number of thioether (sulfide) groups is 1. The number of amides is 1. The maximum Gasteiger partial charge on any atom is 0.230 e. The summed E-state index contributed by atoms with van der Waals surface area (Å²) in [6.45, 7) is 1.53. The van der Waals surface area contributed by atoms with Crippen molar-refractivity contribution in [3.05, 3.63) is 24.3 Å². The first kappa shape index (κ1) is 12.3. The van der Waals surface area contributed by atoms with Gasteiger partial charge in [-0.25, -0.2) is 0 Å². The van der Waals surface area contributed by atoms with Crippen LogP contribution in [0, 0.1) is 0 Å². The van der Waals surface area contributed by atoms with Crippen molar-refractivity contribution in [1.29, 1.82) is 0 Å². The third kappa shape index (κ3) is 5.64. The van der Waals surface area contributed by atoms with E-state index in [0.717, 1.165) is 13.0 Å². The van der Waals surface area contributed by atoms with Gasteiger partial charge < -0.3 is 10.6 Å². The van der Waals surface area contributed by atoms with Crippen LogP contribution in [0.5, 0.6) is 0 Å². The number of allylic oxidation sites excluding steroid dienone is 3. The van der Waals surface area contributed by atoms with Crippen LogP contribution >= 0.6 is 11.8 Å². The lowest BCUT2D eigenvalue weighted by atomic mass is 10.2. The molecule has 0 bridgehead atoms. The predicted molar refractivity (Wildman–Crippen MR) is 66.1 cm³/mol. The normalized spacial score (nSPS) is 19.1. The lowest BCUT2D eigenvalue weighted by Crippen LogP contribution is -2.32. The number of rotatable bonds is 6. The summed E-state index contributed by atoms with van der Waals surface area (Å²) in [7, 11) is 1.88. The summed E-state index contributed by atoms with van der Waals surface area (Å²) >= 11 is 1.69. The molecule has 1 unspecified atom stereocenters. The second-order valence-corrected chi connectivity index (χ2v) is 4.58. The second-order valence-electron chi connectivity index (χ2n) is 3.35. The highest BCUT2D eigenvalue weighted by Gasteiger charge is 2.08. The summed E-state index contributed by atoms with van der Waals surface area (Å²) in [5, 5.41) is 6.31. The molecule has 0 radical (unpaired) electrons. The van der Waals surface area contributed by atoms with Crippen molar-refractivity contribution in [3.63, 3.8) is 0 Å². The fraction of sp³-hybridized carbons (Fsp3) is 0.545. The molecule has 15 heavy (non-hydrogen) atoms. The zero-order valence-corrected chi connectivity index (χ0v) is 9.85. The third-order valence-electron chi connectivity index (χ3n) is 2.07. The third-order valence-corrected chi connectivity index (χ3v) is 3.27. The van der Waals surface area contributed by atoms with Crippen molar-refractivity contribution in [2.45, 2.75) is 11.7 Å². The number of carbonyl (C=O) groups excluding carboxylic acids is 1. The monoisotopic (exact) mass is 226 g/mol. The molecule has 0 saturated heterocycles. The molecule has 84 valence electrons. The van der Waals surface area contributed by atoms with Crippen LogP contribution in [0.15, 0.2) is 24.3 Å². The Labute approximate surface area is 95.4 Å². The number of nitrogens with one attached hydrogen (secondary N) is 2. The quantitative estimate of drug-likeness (QED) is 0.662. The van der Waals surface area contributed by atoms with E-state index >= 15 is 0 Å². The molecule has 2 N–H and O–H groups in total. The average Bonchev–Trinajstić information content (AvgIpc) is 2.28. The van der Waals surface area contributed by atoms with E-state index in [-0.39, 0.29) is 5.91 Å². The summed E-state index contributed by atoms with van der Waals surface area (Å²) in [6, 6.07) is 0. The molecule has 1 aliphatic rings. The van der Waals surface area contributed by atoms with E-state index in [1.165, 1.54) is 0 Å². The van der Waals surface area contributed by atoms with Crippen molar-refractivity contribution < 1.29 is 4.79 Å². The largest absolute Gasteiger partial charge is 0.354 e. The van der Waals surface area contributed by atoms with Crippen molar-refractivity contribution in [2.24, 2.45) is 0 Å². The summed E-state index contributed by atoms with van der Waals surface area (Å²) < 4.78 is 0. The van der Waals surface area contributed by atoms with Crippen LogP contribution in [0.1, 0.15) is 6.42 Å². The van der Waals surface area contributed by atoms with Crippen LogP contribution in [-0.4, -0.2) is 37.0 Å². The van der Waals surface area contributed by atoms with Gasteiger partial charge in [-0.15, -0.1) is 11.8 Å².